The van der Waals surface area contributed by atoms with Crippen LogP contribution in [-0.4, -0.2) is 4.57 Å². The number of alkyl halides is 3. The summed E-state index contributed by atoms with van der Waals surface area (Å²) >= 11 is 0. The van der Waals surface area contributed by atoms with Gasteiger partial charge in [-0.05, 0) is 42.5 Å². The first-order valence-electron chi connectivity index (χ1n) is 6.34. The smallest absolute Gasteiger partial charge is 0.416 e. The Labute approximate surface area is 119 Å². The standard InChI is InChI=1S/C16H12F3NO/c1-20-10-9-13-14(20)3-2-4-15(13)21-12-7-5-11(6-8-12)16(17,18)19/h2-10H,1H3. The predicted molar refractivity (Wildman–Crippen MR) is 74.4 cm³/mol. The maximum absolute atomic E-state index is 12.5. The van der Waals surface area contributed by atoms with E-state index >= 15 is 0 Å². The summed E-state index contributed by atoms with van der Waals surface area (Å²) in [6, 6.07) is 12.2. The van der Waals surface area contributed by atoms with E-state index in [-0.39, 0.29) is 0 Å². The summed E-state index contributed by atoms with van der Waals surface area (Å²) in [5.41, 5.74) is 0.312. The van der Waals surface area contributed by atoms with Crippen LogP contribution in [0.3, 0.4) is 0 Å². The van der Waals surface area contributed by atoms with Crippen LogP contribution in [-0.2, 0) is 13.2 Å². The van der Waals surface area contributed by atoms with E-state index in [2.05, 4.69) is 0 Å². The molecule has 108 valence electrons. The number of rotatable bonds is 2. The Morgan fingerprint density at radius 2 is 1.67 bits per heavy atom. The van der Waals surface area contributed by atoms with Crippen LogP contribution in [0.1, 0.15) is 5.56 Å². The molecule has 0 fully saturated rings. The van der Waals surface area contributed by atoms with Gasteiger partial charge in [-0.1, -0.05) is 6.07 Å². The van der Waals surface area contributed by atoms with E-state index in [4.69, 9.17) is 4.74 Å². The molecule has 0 saturated carbocycles. The summed E-state index contributed by atoms with van der Waals surface area (Å²) in [5, 5.41) is 0.917. The second-order valence-corrected chi connectivity index (χ2v) is 4.74. The molecule has 0 bridgehead atoms. The third-order valence-corrected chi connectivity index (χ3v) is 3.30. The first-order valence-corrected chi connectivity index (χ1v) is 6.34. The van der Waals surface area contributed by atoms with Gasteiger partial charge in [0, 0.05) is 18.6 Å². The number of nitrogens with zero attached hydrogens (tertiary/aromatic N) is 1. The lowest BCUT2D eigenvalue weighted by Gasteiger charge is -2.10. The Morgan fingerprint density at radius 3 is 2.33 bits per heavy atom. The van der Waals surface area contributed by atoms with Crippen molar-refractivity contribution in [1.29, 1.82) is 0 Å². The molecule has 2 aromatic carbocycles. The van der Waals surface area contributed by atoms with Crippen molar-refractivity contribution in [2.75, 3.05) is 0 Å². The van der Waals surface area contributed by atoms with Crippen molar-refractivity contribution >= 4 is 10.9 Å². The van der Waals surface area contributed by atoms with E-state index < -0.39 is 11.7 Å². The number of halogens is 3. The summed E-state index contributed by atoms with van der Waals surface area (Å²) < 4.78 is 45.2. The second kappa shape index (κ2) is 4.84. The van der Waals surface area contributed by atoms with Gasteiger partial charge < -0.3 is 9.30 Å². The molecule has 21 heavy (non-hydrogen) atoms. The summed E-state index contributed by atoms with van der Waals surface area (Å²) in [4.78, 5) is 0. The van der Waals surface area contributed by atoms with Crippen LogP contribution in [0, 0.1) is 0 Å². The zero-order valence-electron chi connectivity index (χ0n) is 11.2. The number of aromatic nitrogens is 1. The van der Waals surface area contributed by atoms with Crippen molar-refractivity contribution in [1.82, 2.24) is 4.57 Å². The highest BCUT2D eigenvalue weighted by Gasteiger charge is 2.30. The Balaban J connectivity index is 1.92. The van der Waals surface area contributed by atoms with Crippen LogP contribution in [0.15, 0.2) is 54.7 Å². The molecule has 2 nitrogen and oxygen atoms in total. The molecule has 0 unspecified atom stereocenters. The highest BCUT2D eigenvalue weighted by molar-refractivity contribution is 5.86. The number of aryl methyl sites for hydroxylation is 1. The molecule has 3 aromatic rings. The molecule has 0 radical (unpaired) electrons. The van der Waals surface area contributed by atoms with Crippen LogP contribution in [0.25, 0.3) is 10.9 Å². The molecular formula is C16H12F3NO. The fraction of sp³-hybridized carbons (Fsp3) is 0.125. The van der Waals surface area contributed by atoms with Crippen molar-refractivity contribution < 1.29 is 17.9 Å². The molecule has 1 heterocycles. The van der Waals surface area contributed by atoms with Gasteiger partial charge in [-0.15, -0.1) is 0 Å². The summed E-state index contributed by atoms with van der Waals surface area (Å²) in [6.45, 7) is 0. The lowest BCUT2D eigenvalue weighted by Crippen LogP contribution is -2.03. The predicted octanol–water partition coefficient (Wildman–Crippen LogP) is 4.99. The topological polar surface area (TPSA) is 14.2 Å². The van der Waals surface area contributed by atoms with Gasteiger partial charge in [-0.25, -0.2) is 0 Å². The molecule has 0 saturated heterocycles. The SMILES string of the molecule is Cn1ccc2c(Oc3ccc(C(F)(F)F)cc3)cccc21. The minimum absolute atomic E-state index is 0.374. The molecule has 5 heteroatoms. The highest BCUT2D eigenvalue weighted by Crippen LogP contribution is 2.33. The van der Waals surface area contributed by atoms with E-state index in [1.807, 2.05) is 36.0 Å². The lowest BCUT2D eigenvalue weighted by molar-refractivity contribution is -0.137. The largest absolute Gasteiger partial charge is 0.457 e. The van der Waals surface area contributed by atoms with Gasteiger partial charge in [0.2, 0.25) is 0 Å². The monoisotopic (exact) mass is 291 g/mol. The van der Waals surface area contributed by atoms with Crippen LogP contribution in [0.4, 0.5) is 13.2 Å². The van der Waals surface area contributed by atoms with Crippen LogP contribution < -0.4 is 4.74 Å². The van der Waals surface area contributed by atoms with Gasteiger partial charge in [0.15, 0.2) is 0 Å². The molecule has 0 spiro atoms. The molecule has 0 amide bonds. The van der Waals surface area contributed by atoms with Crippen LogP contribution in [0.5, 0.6) is 11.5 Å². The molecule has 0 N–H and O–H groups in total. The third-order valence-electron chi connectivity index (χ3n) is 3.30. The minimum atomic E-state index is -4.34. The first-order chi connectivity index (χ1) is 9.95. The maximum atomic E-state index is 12.5. The zero-order valence-corrected chi connectivity index (χ0v) is 11.2. The fourth-order valence-electron chi connectivity index (χ4n) is 2.20. The van der Waals surface area contributed by atoms with Crippen molar-refractivity contribution in [2.45, 2.75) is 6.18 Å². The maximum Gasteiger partial charge on any atom is 0.416 e. The van der Waals surface area contributed by atoms with Crippen molar-refractivity contribution in [3.63, 3.8) is 0 Å². The number of hydrogen-bond donors (Lipinski definition) is 0. The quantitative estimate of drug-likeness (QED) is 0.649. The van der Waals surface area contributed by atoms with E-state index in [1.165, 1.54) is 12.1 Å². The summed E-state index contributed by atoms with van der Waals surface area (Å²) in [5.74, 6) is 0.993. The highest BCUT2D eigenvalue weighted by atomic mass is 19.4. The molecule has 0 aliphatic carbocycles. The van der Waals surface area contributed by atoms with Gasteiger partial charge in [-0.3, -0.25) is 0 Å². The van der Waals surface area contributed by atoms with Crippen molar-refractivity contribution in [3.05, 3.63) is 60.3 Å². The lowest BCUT2D eigenvalue weighted by atomic mass is 10.2. The van der Waals surface area contributed by atoms with E-state index in [1.54, 1.807) is 6.07 Å². The summed E-state index contributed by atoms with van der Waals surface area (Å²) in [6.07, 6.45) is -2.43. The van der Waals surface area contributed by atoms with Crippen molar-refractivity contribution in [3.8, 4) is 11.5 Å². The van der Waals surface area contributed by atoms with Crippen molar-refractivity contribution in [2.24, 2.45) is 7.05 Å². The van der Waals surface area contributed by atoms with E-state index in [0.717, 1.165) is 23.0 Å². The molecular weight excluding hydrogens is 279 g/mol. The Bertz CT molecular complexity index is 772. The Kier molecular flexibility index (Phi) is 3.12. The van der Waals surface area contributed by atoms with Crippen LogP contribution >= 0.6 is 0 Å². The average molecular weight is 291 g/mol. The average Bonchev–Trinajstić information content (AvgIpc) is 2.82. The molecule has 0 atom stereocenters. The number of ether oxygens (including phenoxy) is 1. The van der Waals surface area contributed by atoms with Gasteiger partial charge >= 0.3 is 6.18 Å². The van der Waals surface area contributed by atoms with Gasteiger partial charge in [0.1, 0.15) is 11.5 Å². The van der Waals surface area contributed by atoms with Crippen LogP contribution in [0.2, 0.25) is 0 Å². The minimum Gasteiger partial charge on any atom is -0.457 e. The number of hydrogen-bond acceptors (Lipinski definition) is 1. The van der Waals surface area contributed by atoms with Gasteiger partial charge in [0.05, 0.1) is 11.1 Å². The zero-order chi connectivity index (χ0) is 15.0. The van der Waals surface area contributed by atoms with Gasteiger partial charge in [0.25, 0.3) is 0 Å². The molecule has 0 aliphatic heterocycles. The Morgan fingerprint density at radius 1 is 0.952 bits per heavy atom. The first kappa shape index (κ1) is 13.5. The second-order valence-electron chi connectivity index (χ2n) is 4.74. The fourth-order valence-corrected chi connectivity index (χ4v) is 2.20. The summed E-state index contributed by atoms with van der Waals surface area (Å²) in [7, 11) is 1.92. The van der Waals surface area contributed by atoms with E-state index in [9.17, 15) is 13.2 Å². The van der Waals surface area contributed by atoms with E-state index in [0.29, 0.717) is 11.5 Å². The Hall–Kier alpha value is -2.43. The molecule has 1 aromatic heterocycles. The van der Waals surface area contributed by atoms with Gasteiger partial charge in [-0.2, -0.15) is 13.2 Å². The normalized spacial score (nSPS) is 11.8. The molecule has 3 rings (SSSR count). The third kappa shape index (κ3) is 2.59. The molecule has 0 aliphatic rings. The number of fused-ring (bicyclic) bond motifs is 1. The number of benzene rings is 2.